The molecule has 9 nitrogen and oxygen atoms in total. The predicted octanol–water partition coefficient (Wildman–Crippen LogP) is 4.33. The molecule has 44 heavy (non-hydrogen) atoms. The van der Waals surface area contributed by atoms with Crippen LogP contribution in [0.4, 0.5) is 0 Å². The van der Waals surface area contributed by atoms with Gasteiger partial charge in [-0.05, 0) is 57.6 Å². The Hall–Kier alpha value is -2.43. The van der Waals surface area contributed by atoms with Crippen molar-refractivity contribution >= 4 is 17.5 Å². The fourth-order valence-electron chi connectivity index (χ4n) is 6.10. The van der Waals surface area contributed by atoms with E-state index < -0.39 is 60.5 Å². The van der Waals surface area contributed by atoms with Gasteiger partial charge in [0.05, 0.1) is 36.9 Å². The minimum Gasteiger partial charge on any atom is -0.455 e. The van der Waals surface area contributed by atoms with E-state index in [0.717, 1.165) is 5.57 Å². The maximum Gasteiger partial charge on any atom is 0.309 e. The number of aliphatic hydroxyl groups excluding tert-OH is 3. The molecule has 0 radical (unpaired) electrons. The molecular weight excluding hydrogens is 564 g/mol. The number of fused-ring (bicyclic) bond motifs is 4. The Bertz CT molecular complexity index is 1130. The zero-order chi connectivity index (χ0) is 32.7. The number of rotatable bonds is 2. The number of allylic oxidation sites excluding steroid dienone is 3. The Morgan fingerprint density at radius 2 is 1.64 bits per heavy atom. The highest BCUT2D eigenvalue weighted by Gasteiger charge is 2.41. The summed E-state index contributed by atoms with van der Waals surface area (Å²) in [5, 5.41) is 32.7. The summed E-state index contributed by atoms with van der Waals surface area (Å²) in [5.41, 5.74) is 2.01. The average Bonchev–Trinajstić information content (AvgIpc) is 3.56. The molecule has 9 heteroatoms. The molecule has 4 bridgehead atoms. The molecule has 0 amide bonds. The van der Waals surface area contributed by atoms with Crippen LogP contribution in [0.5, 0.6) is 0 Å². The second-order valence-electron chi connectivity index (χ2n) is 13.4. The largest absolute Gasteiger partial charge is 0.455 e. The van der Waals surface area contributed by atoms with Gasteiger partial charge in [0.15, 0.2) is 0 Å². The lowest BCUT2D eigenvalue weighted by Crippen LogP contribution is -2.38. The maximum atomic E-state index is 13.1. The SMILES string of the molecule is C=C1/C=C(\C)[C@@H](C)[C@@H](O)CC(=O)[C@@H](C)CC(=O)C[C@H]2CC[C@@H](O2)C(/C=C/C=C(C)C)OC(=O)C[C@@H]2O[C@H](C[C@H]2C)[C@H](O)[C@@H]1O. The van der Waals surface area contributed by atoms with E-state index in [1.165, 1.54) is 0 Å². The van der Waals surface area contributed by atoms with Gasteiger partial charge in [-0.1, -0.05) is 56.7 Å². The zero-order valence-electron chi connectivity index (χ0n) is 27.1. The van der Waals surface area contributed by atoms with Crippen LogP contribution in [0.2, 0.25) is 0 Å². The number of hydrogen-bond acceptors (Lipinski definition) is 9. The molecule has 246 valence electrons. The number of Topliss-reactive ketones (excluding diaryl/α,β-unsaturated/α-hetero) is 2. The van der Waals surface area contributed by atoms with Crippen LogP contribution < -0.4 is 0 Å². The average molecular weight is 617 g/mol. The molecule has 0 aromatic rings. The van der Waals surface area contributed by atoms with Crippen molar-refractivity contribution in [3.05, 3.63) is 47.6 Å². The van der Waals surface area contributed by atoms with Gasteiger partial charge in [0.1, 0.15) is 29.9 Å². The van der Waals surface area contributed by atoms with E-state index in [0.29, 0.717) is 24.8 Å². The number of cyclic esters (lactones) is 1. The molecule has 0 aliphatic carbocycles. The molecule has 3 aliphatic rings. The van der Waals surface area contributed by atoms with Crippen LogP contribution in [0.1, 0.15) is 86.5 Å². The summed E-state index contributed by atoms with van der Waals surface area (Å²) >= 11 is 0. The van der Waals surface area contributed by atoms with Crippen LogP contribution in [0.3, 0.4) is 0 Å². The van der Waals surface area contributed by atoms with Crippen LogP contribution >= 0.6 is 0 Å². The Balaban J connectivity index is 1.85. The number of carbonyl (C=O) groups is 3. The van der Waals surface area contributed by atoms with Gasteiger partial charge >= 0.3 is 5.97 Å². The molecule has 3 heterocycles. The molecule has 0 aromatic carbocycles. The Kier molecular flexibility index (Phi) is 13.3. The van der Waals surface area contributed by atoms with E-state index in [1.54, 1.807) is 32.9 Å². The fraction of sp³-hybridized carbons (Fsp3) is 0.686. The van der Waals surface area contributed by atoms with E-state index in [4.69, 9.17) is 14.2 Å². The van der Waals surface area contributed by atoms with Gasteiger partial charge in [0.25, 0.3) is 0 Å². The predicted molar refractivity (Wildman–Crippen MR) is 167 cm³/mol. The number of ether oxygens (including phenoxy) is 3. The van der Waals surface area contributed by atoms with Gasteiger partial charge in [0, 0.05) is 31.1 Å². The first-order valence-electron chi connectivity index (χ1n) is 15.9. The second-order valence-corrected chi connectivity index (χ2v) is 13.4. The van der Waals surface area contributed by atoms with Crippen molar-refractivity contribution in [3.63, 3.8) is 0 Å². The van der Waals surface area contributed by atoms with Gasteiger partial charge in [0.2, 0.25) is 0 Å². The number of hydrogen-bond donors (Lipinski definition) is 3. The van der Waals surface area contributed by atoms with E-state index in [1.807, 2.05) is 32.9 Å². The molecular formula is C35H52O9. The van der Waals surface area contributed by atoms with E-state index >= 15 is 0 Å². The standard InChI is InChI=1S/C35H52O9/c1-19(2)9-8-10-29-30-12-11-26(42-30)16-25(36)14-21(4)27(37)17-28(38)24(7)20(3)13-23(6)34(40)35(41)32-15-22(5)31(43-32)18-33(39)44-29/h8-10,13,21-22,24,26,28-32,34-35,38,40-41H,6,11-12,14-18H2,1-5,7H3/b10-8+,20-13+/t21-,22+,24+,26+,28-,29?,30+,31-,32+,34+,35-/m0/s1. The first kappa shape index (κ1) is 36.0. The van der Waals surface area contributed by atoms with Gasteiger partial charge < -0.3 is 29.5 Å². The molecule has 2 saturated heterocycles. The fourth-order valence-corrected chi connectivity index (χ4v) is 6.10. The van der Waals surface area contributed by atoms with Crippen molar-refractivity contribution in [1.82, 2.24) is 0 Å². The summed E-state index contributed by atoms with van der Waals surface area (Å²) in [7, 11) is 0. The number of carbonyl (C=O) groups excluding carboxylic acids is 3. The molecule has 0 spiro atoms. The minimum absolute atomic E-state index is 0.0244. The van der Waals surface area contributed by atoms with Crippen molar-refractivity contribution < 1.29 is 43.9 Å². The van der Waals surface area contributed by atoms with E-state index in [9.17, 15) is 29.7 Å². The molecule has 3 aliphatic heterocycles. The monoisotopic (exact) mass is 616 g/mol. The van der Waals surface area contributed by atoms with Crippen LogP contribution in [-0.4, -0.2) is 81.7 Å². The van der Waals surface area contributed by atoms with Crippen molar-refractivity contribution in [2.24, 2.45) is 17.8 Å². The van der Waals surface area contributed by atoms with Gasteiger partial charge in [-0.15, -0.1) is 0 Å². The first-order valence-corrected chi connectivity index (χ1v) is 15.9. The first-order chi connectivity index (χ1) is 20.7. The normalized spacial score (nSPS) is 40.0. The Labute approximate surface area is 262 Å². The molecule has 3 N–H and O–H groups in total. The van der Waals surface area contributed by atoms with Crippen molar-refractivity contribution in [2.75, 3.05) is 0 Å². The Morgan fingerprint density at radius 1 is 0.932 bits per heavy atom. The third kappa shape index (κ3) is 10.0. The summed E-state index contributed by atoms with van der Waals surface area (Å²) in [6, 6.07) is 0. The molecule has 0 saturated carbocycles. The number of esters is 1. The lowest BCUT2D eigenvalue weighted by molar-refractivity contribution is -0.158. The highest BCUT2D eigenvalue weighted by Crippen LogP contribution is 2.34. The molecule has 3 rings (SSSR count). The van der Waals surface area contributed by atoms with Crippen molar-refractivity contribution in [1.29, 1.82) is 0 Å². The highest BCUT2D eigenvalue weighted by molar-refractivity contribution is 5.88. The summed E-state index contributed by atoms with van der Waals surface area (Å²) < 4.78 is 18.2. The number of aliphatic hydroxyl groups is 3. The van der Waals surface area contributed by atoms with Gasteiger partial charge in [-0.2, -0.15) is 0 Å². The lowest BCUT2D eigenvalue weighted by Gasteiger charge is -2.26. The lowest BCUT2D eigenvalue weighted by atomic mass is 9.87. The van der Waals surface area contributed by atoms with Gasteiger partial charge in [-0.25, -0.2) is 0 Å². The topological polar surface area (TPSA) is 140 Å². The second kappa shape index (κ2) is 16.2. The highest BCUT2D eigenvalue weighted by atomic mass is 16.6. The minimum atomic E-state index is -1.33. The van der Waals surface area contributed by atoms with Crippen LogP contribution in [-0.2, 0) is 28.6 Å². The summed E-state index contributed by atoms with van der Waals surface area (Å²) in [5.74, 6) is -1.81. The molecule has 1 unspecified atom stereocenters. The third-order valence-corrected chi connectivity index (χ3v) is 9.20. The zero-order valence-corrected chi connectivity index (χ0v) is 27.1. The number of ketones is 2. The smallest absolute Gasteiger partial charge is 0.309 e. The Morgan fingerprint density at radius 3 is 2.32 bits per heavy atom. The van der Waals surface area contributed by atoms with Crippen molar-refractivity contribution in [3.8, 4) is 0 Å². The maximum absolute atomic E-state index is 13.1. The molecule has 0 aromatic heterocycles. The quantitative estimate of drug-likeness (QED) is 0.306. The molecule has 11 atom stereocenters. The summed E-state index contributed by atoms with van der Waals surface area (Å²) in [6.07, 6.45) is 2.65. The van der Waals surface area contributed by atoms with Gasteiger partial charge in [-0.3, -0.25) is 14.4 Å². The van der Waals surface area contributed by atoms with Crippen LogP contribution in [0.25, 0.3) is 0 Å². The summed E-state index contributed by atoms with van der Waals surface area (Å²) in [6.45, 7) is 15.0. The van der Waals surface area contributed by atoms with E-state index in [-0.39, 0.29) is 54.8 Å². The van der Waals surface area contributed by atoms with E-state index in [2.05, 4.69) is 6.58 Å². The van der Waals surface area contributed by atoms with Crippen LogP contribution in [0, 0.1) is 17.8 Å². The van der Waals surface area contributed by atoms with Crippen molar-refractivity contribution in [2.45, 2.75) is 135 Å². The molecule has 2 fully saturated rings. The van der Waals surface area contributed by atoms with Crippen LogP contribution in [0.15, 0.2) is 47.6 Å². The third-order valence-electron chi connectivity index (χ3n) is 9.20. The summed E-state index contributed by atoms with van der Waals surface area (Å²) in [4.78, 5) is 39.0.